The Hall–Kier alpha value is -3.57. The topological polar surface area (TPSA) is 116 Å². The monoisotopic (exact) mass is 511 g/mol. The molecule has 34 heavy (non-hydrogen) atoms. The Morgan fingerprint density at radius 1 is 1.12 bits per heavy atom. The number of carbonyl (C=O) groups is 2. The van der Waals surface area contributed by atoms with Crippen molar-refractivity contribution in [2.45, 2.75) is 18.5 Å². The van der Waals surface area contributed by atoms with Crippen molar-refractivity contribution >= 4 is 58.2 Å². The second-order valence-corrected chi connectivity index (χ2v) is 8.06. The molecule has 0 fully saturated rings. The summed E-state index contributed by atoms with van der Waals surface area (Å²) in [5.74, 6) is -2.87. The van der Waals surface area contributed by atoms with Gasteiger partial charge in [0.1, 0.15) is 5.82 Å². The molecule has 0 radical (unpaired) electrons. The largest absolute Gasteiger partial charge is 0.416 e. The second kappa shape index (κ2) is 8.99. The van der Waals surface area contributed by atoms with E-state index in [-0.39, 0.29) is 45.2 Å². The van der Waals surface area contributed by atoms with Gasteiger partial charge in [0.15, 0.2) is 0 Å². The molecule has 1 unspecified atom stereocenters. The van der Waals surface area contributed by atoms with Crippen LogP contribution in [0.5, 0.6) is 0 Å². The summed E-state index contributed by atoms with van der Waals surface area (Å²) in [6.45, 7) is 0. The summed E-state index contributed by atoms with van der Waals surface area (Å²) in [6, 6.07) is 8.85. The zero-order valence-electron chi connectivity index (χ0n) is 16.9. The first-order valence-corrected chi connectivity index (χ1v) is 10.4. The number of anilines is 4. The van der Waals surface area contributed by atoms with Crippen LogP contribution in [0.3, 0.4) is 0 Å². The Labute approximate surface area is 199 Å². The fraction of sp³-hybridized carbons (Fsp3) is 0.143. The summed E-state index contributed by atoms with van der Waals surface area (Å²) in [5, 5.41) is 7.82. The lowest BCUT2D eigenvalue weighted by Crippen LogP contribution is -2.36. The third-order valence-electron chi connectivity index (χ3n) is 4.93. The first-order valence-electron chi connectivity index (χ1n) is 9.66. The van der Waals surface area contributed by atoms with Crippen LogP contribution in [0, 0.1) is 0 Å². The molecule has 0 saturated heterocycles. The van der Waals surface area contributed by atoms with Crippen molar-refractivity contribution in [1.29, 1.82) is 0 Å². The lowest BCUT2D eigenvalue weighted by atomic mass is 9.92. The number of nitrogens with zero attached hydrogens (tertiary/aromatic N) is 1. The van der Waals surface area contributed by atoms with Crippen LogP contribution >= 0.6 is 23.2 Å². The molecule has 13 heteroatoms. The molecule has 0 saturated carbocycles. The van der Waals surface area contributed by atoms with Crippen molar-refractivity contribution in [1.82, 2.24) is 9.97 Å². The molecule has 0 aliphatic carbocycles. The van der Waals surface area contributed by atoms with Crippen LogP contribution in [0.15, 0.2) is 47.3 Å². The predicted molar refractivity (Wildman–Crippen MR) is 121 cm³/mol. The standard InChI is InChI=1S/C21H14Cl2F3N5O3/c22-12-5-2-6-13(16(12)23)28-18(33)11-8-14(32)29-17-15(11)19(34)31-20(30-17)27-10-4-1-3-9(7-10)21(24,25)26/h1-7,11H,8H2,(H,28,33)(H3,27,29,30,31,32,34). The minimum absolute atomic E-state index is 0.00459. The number of halogens is 5. The van der Waals surface area contributed by atoms with Gasteiger partial charge in [-0.3, -0.25) is 19.4 Å². The van der Waals surface area contributed by atoms with E-state index in [0.717, 1.165) is 12.1 Å². The van der Waals surface area contributed by atoms with E-state index in [2.05, 4.69) is 25.9 Å². The van der Waals surface area contributed by atoms with Gasteiger partial charge in [0.05, 0.1) is 32.8 Å². The number of hydrogen-bond acceptors (Lipinski definition) is 5. The number of amides is 2. The predicted octanol–water partition coefficient (Wildman–Crippen LogP) is 4.90. The summed E-state index contributed by atoms with van der Waals surface area (Å²) >= 11 is 12.0. The highest BCUT2D eigenvalue weighted by Crippen LogP contribution is 2.34. The van der Waals surface area contributed by atoms with Crippen LogP contribution in [-0.2, 0) is 15.8 Å². The molecule has 2 heterocycles. The second-order valence-electron chi connectivity index (χ2n) is 7.28. The minimum atomic E-state index is -4.56. The molecule has 1 aromatic heterocycles. The Bertz CT molecular complexity index is 1360. The zero-order valence-corrected chi connectivity index (χ0v) is 18.4. The molecule has 2 aromatic carbocycles. The van der Waals surface area contributed by atoms with Gasteiger partial charge < -0.3 is 16.0 Å². The van der Waals surface area contributed by atoms with E-state index < -0.39 is 35.0 Å². The number of nitrogens with one attached hydrogen (secondary N) is 4. The molecular weight excluding hydrogens is 498 g/mol. The van der Waals surface area contributed by atoms with Crippen LogP contribution in [0.1, 0.15) is 23.5 Å². The van der Waals surface area contributed by atoms with Crippen LogP contribution < -0.4 is 21.5 Å². The van der Waals surface area contributed by atoms with Crippen molar-refractivity contribution in [3.05, 3.63) is 74.0 Å². The number of aromatic nitrogens is 2. The fourth-order valence-electron chi connectivity index (χ4n) is 3.38. The molecule has 1 aliphatic heterocycles. The maximum absolute atomic E-state index is 13.0. The summed E-state index contributed by atoms with van der Waals surface area (Å²) in [4.78, 5) is 44.4. The molecule has 0 spiro atoms. The summed E-state index contributed by atoms with van der Waals surface area (Å²) in [5.41, 5.74) is -1.56. The maximum Gasteiger partial charge on any atom is 0.416 e. The number of benzene rings is 2. The van der Waals surface area contributed by atoms with E-state index in [0.29, 0.717) is 0 Å². The maximum atomic E-state index is 13.0. The van der Waals surface area contributed by atoms with E-state index in [4.69, 9.17) is 23.2 Å². The number of fused-ring (bicyclic) bond motifs is 1. The van der Waals surface area contributed by atoms with Gasteiger partial charge in [0.2, 0.25) is 17.8 Å². The Morgan fingerprint density at radius 2 is 1.85 bits per heavy atom. The van der Waals surface area contributed by atoms with Gasteiger partial charge in [0.25, 0.3) is 5.56 Å². The minimum Gasteiger partial charge on any atom is -0.326 e. The van der Waals surface area contributed by atoms with Crippen molar-refractivity contribution in [2.75, 3.05) is 16.0 Å². The number of H-pyrrole nitrogens is 1. The zero-order chi connectivity index (χ0) is 24.6. The van der Waals surface area contributed by atoms with Crippen LogP contribution in [0.2, 0.25) is 10.0 Å². The third kappa shape index (κ3) is 4.85. The molecule has 0 bridgehead atoms. The van der Waals surface area contributed by atoms with Gasteiger partial charge in [-0.2, -0.15) is 18.2 Å². The van der Waals surface area contributed by atoms with E-state index in [1.54, 1.807) is 6.07 Å². The van der Waals surface area contributed by atoms with Gasteiger partial charge in [-0.15, -0.1) is 0 Å². The number of alkyl halides is 3. The quantitative estimate of drug-likeness (QED) is 0.397. The van der Waals surface area contributed by atoms with Gasteiger partial charge >= 0.3 is 6.18 Å². The van der Waals surface area contributed by atoms with Gasteiger partial charge in [-0.25, -0.2) is 0 Å². The van der Waals surface area contributed by atoms with Gasteiger partial charge in [-0.05, 0) is 30.3 Å². The van der Waals surface area contributed by atoms with E-state index in [9.17, 15) is 27.6 Å². The Balaban J connectivity index is 1.64. The van der Waals surface area contributed by atoms with Gasteiger partial charge in [0, 0.05) is 12.1 Å². The average Bonchev–Trinajstić information content (AvgIpc) is 2.75. The molecule has 8 nitrogen and oxygen atoms in total. The molecule has 176 valence electrons. The highest BCUT2D eigenvalue weighted by molar-refractivity contribution is 6.44. The third-order valence-corrected chi connectivity index (χ3v) is 5.75. The molecule has 1 atom stereocenters. The highest BCUT2D eigenvalue weighted by atomic mass is 35.5. The average molecular weight is 512 g/mol. The van der Waals surface area contributed by atoms with Gasteiger partial charge in [-0.1, -0.05) is 35.3 Å². The Morgan fingerprint density at radius 3 is 2.59 bits per heavy atom. The molecular formula is C21H14Cl2F3N5O3. The fourth-order valence-corrected chi connectivity index (χ4v) is 3.73. The summed E-state index contributed by atoms with van der Waals surface area (Å²) < 4.78 is 38.9. The summed E-state index contributed by atoms with van der Waals surface area (Å²) in [6.07, 6.45) is -4.89. The van der Waals surface area contributed by atoms with E-state index in [1.165, 1.54) is 24.3 Å². The molecule has 2 amide bonds. The Kier molecular flexibility index (Phi) is 6.24. The lowest BCUT2D eigenvalue weighted by Gasteiger charge is -2.24. The van der Waals surface area contributed by atoms with Crippen LogP contribution in [-0.4, -0.2) is 21.8 Å². The normalized spacial score (nSPS) is 15.3. The highest BCUT2D eigenvalue weighted by Gasteiger charge is 2.35. The van der Waals surface area contributed by atoms with Crippen LogP contribution in [0.4, 0.5) is 36.3 Å². The smallest absolute Gasteiger partial charge is 0.326 e. The molecule has 4 N–H and O–H groups in total. The molecule has 1 aliphatic rings. The number of carbonyl (C=O) groups excluding carboxylic acids is 2. The first-order chi connectivity index (χ1) is 16.0. The van der Waals surface area contributed by atoms with Crippen molar-refractivity contribution < 1.29 is 22.8 Å². The first kappa shape index (κ1) is 23.6. The number of hydrogen-bond donors (Lipinski definition) is 4. The summed E-state index contributed by atoms with van der Waals surface area (Å²) in [7, 11) is 0. The number of rotatable bonds is 4. The lowest BCUT2D eigenvalue weighted by molar-refractivity contribution is -0.137. The SMILES string of the molecule is O=C1CC(C(=O)Nc2cccc(Cl)c2Cl)c2c(nc(Nc3cccc(C(F)(F)F)c3)[nH]c2=O)N1. The molecule has 3 aromatic rings. The van der Waals surface area contributed by atoms with Crippen molar-refractivity contribution in [3.8, 4) is 0 Å². The van der Waals surface area contributed by atoms with Crippen molar-refractivity contribution in [2.24, 2.45) is 0 Å². The van der Waals surface area contributed by atoms with E-state index >= 15 is 0 Å². The van der Waals surface area contributed by atoms with Crippen molar-refractivity contribution in [3.63, 3.8) is 0 Å². The molecule has 4 rings (SSSR count). The van der Waals surface area contributed by atoms with Crippen LogP contribution in [0.25, 0.3) is 0 Å². The number of aromatic amines is 1. The van der Waals surface area contributed by atoms with E-state index in [1.807, 2.05) is 0 Å².